The van der Waals surface area contributed by atoms with Crippen molar-refractivity contribution in [2.45, 2.75) is 44.7 Å². The molecule has 0 aromatic rings. The van der Waals surface area contributed by atoms with Crippen LogP contribution in [0.15, 0.2) is 0 Å². The first-order chi connectivity index (χ1) is 5.34. The lowest BCUT2D eigenvalue weighted by molar-refractivity contribution is -0.141. The maximum absolute atomic E-state index is 12.5. The Morgan fingerprint density at radius 1 is 1.17 bits per heavy atom. The number of rotatable bonds is 4. The van der Waals surface area contributed by atoms with E-state index in [0.717, 1.165) is 0 Å². The van der Waals surface area contributed by atoms with Crippen molar-refractivity contribution in [1.82, 2.24) is 0 Å². The molecule has 0 N–H and O–H groups in total. The monoisotopic (exact) mass is 190 g/mol. The SMILES string of the molecule is CCC(F)[C@H](F)C(F)(F)C(C)F. The molecular formula is C7H11F5. The molecule has 74 valence electrons. The van der Waals surface area contributed by atoms with Crippen molar-refractivity contribution in [2.24, 2.45) is 0 Å². The summed E-state index contributed by atoms with van der Waals surface area (Å²) in [5.74, 6) is -4.23. The van der Waals surface area contributed by atoms with Gasteiger partial charge in [0.15, 0.2) is 12.3 Å². The highest BCUT2D eigenvalue weighted by atomic mass is 19.3. The van der Waals surface area contributed by atoms with E-state index >= 15 is 0 Å². The molecule has 0 spiro atoms. The first-order valence-electron chi connectivity index (χ1n) is 3.64. The molecule has 0 aromatic heterocycles. The van der Waals surface area contributed by atoms with Crippen LogP contribution in [0.2, 0.25) is 0 Å². The molecule has 0 aromatic carbocycles. The van der Waals surface area contributed by atoms with Gasteiger partial charge in [-0.2, -0.15) is 0 Å². The van der Waals surface area contributed by atoms with Gasteiger partial charge in [-0.05, 0) is 13.3 Å². The quantitative estimate of drug-likeness (QED) is 0.597. The van der Waals surface area contributed by atoms with Gasteiger partial charge in [-0.25, -0.2) is 22.0 Å². The van der Waals surface area contributed by atoms with Crippen LogP contribution in [0.3, 0.4) is 0 Å². The van der Waals surface area contributed by atoms with E-state index in [-0.39, 0.29) is 6.42 Å². The highest BCUT2D eigenvalue weighted by Crippen LogP contribution is 2.31. The van der Waals surface area contributed by atoms with E-state index in [0.29, 0.717) is 6.92 Å². The Labute approximate surface area is 67.8 Å². The fourth-order valence-electron chi connectivity index (χ4n) is 0.667. The molecule has 0 saturated carbocycles. The van der Waals surface area contributed by atoms with E-state index in [2.05, 4.69) is 0 Å². The lowest BCUT2D eigenvalue weighted by atomic mass is 10.0. The van der Waals surface area contributed by atoms with Crippen molar-refractivity contribution in [3.05, 3.63) is 0 Å². The van der Waals surface area contributed by atoms with Gasteiger partial charge >= 0.3 is 5.92 Å². The minimum Gasteiger partial charge on any atom is -0.244 e. The summed E-state index contributed by atoms with van der Waals surface area (Å²) >= 11 is 0. The van der Waals surface area contributed by atoms with Crippen molar-refractivity contribution < 1.29 is 22.0 Å². The van der Waals surface area contributed by atoms with Crippen molar-refractivity contribution in [3.63, 3.8) is 0 Å². The van der Waals surface area contributed by atoms with Crippen LogP contribution < -0.4 is 0 Å². The zero-order valence-electron chi connectivity index (χ0n) is 6.83. The van der Waals surface area contributed by atoms with Gasteiger partial charge in [0, 0.05) is 0 Å². The third-order valence-corrected chi connectivity index (χ3v) is 1.61. The molecule has 2 unspecified atom stereocenters. The Balaban J connectivity index is 4.34. The molecule has 0 amide bonds. The highest BCUT2D eigenvalue weighted by molar-refractivity contribution is 4.86. The summed E-state index contributed by atoms with van der Waals surface area (Å²) in [5, 5.41) is 0. The van der Waals surface area contributed by atoms with Gasteiger partial charge in [-0.15, -0.1) is 0 Å². The molecule has 5 heteroatoms. The van der Waals surface area contributed by atoms with Crippen LogP contribution in [0.25, 0.3) is 0 Å². The van der Waals surface area contributed by atoms with Gasteiger partial charge in [0.1, 0.15) is 6.17 Å². The maximum atomic E-state index is 12.5. The Morgan fingerprint density at radius 3 is 1.83 bits per heavy atom. The Morgan fingerprint density at radius 2 is 1.58 bits per heavy atom. The van der Waals surface area contributed by atoms with Gasteiger partial charge < -0.3 is 0 Å². The second kappa shape index (κ2) is 4.05. The lowest BCUT2D eigenvalue weighted by Gasteiger charge is -2.23. The highest BCUT2D eigenvalue weighted by Gasteiger charge is 2.49. The summed E-state index contributed by atoms with van der Waals surface area (Å²) in [6.07, 6.45) is -8.42. The first-order valence-corrected chi connectivity index (χ1v) is 3.64. The third kappa shape index (κ3) is 2.32. The Hall–Kier alpha value is -0.350. The van der Waals surface area contributed by atoms with Gasteiger partial charge in [0.05, 0.1) is 0 Å². The fraction of sp³-hybridized carbons (Fsp3) is 1.00. The van der Waals surface area contributed by atoms with Crippen molar-refractivity contribution >= 4 is 0 Å². The number of hydrogen-bond acceptors (Lipinski definition) is 0. The van der Waals surface area contributed by atoms with Crippen LogP contribution in [-0.4, -0.2) is 24.4 Å². The molecule has 0 bridgehead atoms. The standard InChI is InChI=1S/C7H11F5/c1-3-5(9)6(10)7(11,12)4(2)8/h4-6H,3H2,1-2H3/t4?,5?,6-/m0/s1. The molecule has 12 heavy (non-hydrogen) atoms. The summed E-state index contributed by atoms with van der Waals surface area (Å²) in [5.41, 5.74) is 0. The molecule has 0 radical (unpaired) electrons. The van der Waals surface area contributed by atoms with Crippen LogP contribution >= 0.6 is 0 Å². The predicted molar refractivity (Wildman–Crippen MR) is 35.6 cm³/mol. The summed E-state index contributed by atoms with van der Waals surface area (Å²) in [4.78, 5) is 0. The minimum absolute atomic E-state index is 0.385. The molecular weight excluding hydrogens is 179 g/mol. The fourth-order valence-corrected chi connectivity index (χ4v) is 0.667. The minimum atomic E-state index is -4.23. The largest absolute Gasteiger partial charge is 0.311 e. The average molecular weight is 190 g/mol. The molecule has 0 nitrogen and oxygen atoms in total. The Kier molecular flexibility index (Phi) is 3.93. The zero-order valence-corrected chi connectivity index (χ0v) is 6.83. The molecule has 0 heterocycles. The van der Waals surface area contributed by atoms with Crippen molar-refractivity contribution in [2.75, 3.05) is 0 Å². The maximum Gasteiger partial charge on any atom is 0.311 e. The summed E-state index contributed by atoms with van der Waals surface area (Å²) in [7, 11) is 0. The van der Waals surface area contributed by atoms with Gasteiger partial charge in [0.2, 0.25) is 0 Å². The van der Waals surface area contributed by atoms with Gasteiger partial charge in [0.25, 0.3) is 0 Å². The van der Waals surface area contributed by atoms with E-state index < -0.39 is 24.4 Å². The topological polar surface area (TPSA) is 0 Å². The van der Waals surface area contributed by atoms with E-state index in [9.17, 15) is 22.0 Å². The van der Waals surface area contributed by atoms with E-state index in [1.165, 1.54) is 6.92 Å². The summed E-state index contributed by atoms with van der Waals surface area (Å²) in [6, 6.07) is 0. The molecule has 0 aliphatic rings. The second-order valence-electron chi connectivity index (χ2n) is 2.62. The molecule has 0 aliphatic carbocycles. The molecule has 0 rings (SSSR count). The van der Waals surface area contributed by atoms with Crippen LogP contribution in [-0.2, 0) is 0 Å². The molecule has 0 fully saturated rings. The lowest BCUT2D eigenvalue weighted by Crippen LogP contribution is -2.43. The zero-order chi connectivity index (χ0) is 9.94. The van der Waals surface area contributed by atoms with Gasteiger partial charge in [-0.3, -0.25) is 0 Å². The number of alkyl halides is 5. The summed E-state index contributed by atoms with van der Waals surface area (Å²) in [6.45, 7) is 1.73. The Bertz CT molecular complexity index is 134. The molecule has 0 aliphatic heterocycles. The van der Waals surface area contributed by atoms with Crippen LogP contribution in [0, 0.1) is 0 Å². The number of halogens is 5. The smallest absolute Gasteiger partial charge is 0.244 e. The van der Waals surface area contributed by atoms with Crippen molar-refractivity contribution in [1.29, 1.82) is 0 Å². The summed E-state index contributed by atoms with van der Waals surface area (Å²) < 4.78 is 61.7. The molecule has 3 atom stereocenters. The van der Waals surface area contributed by atoms with Crippen LogP contribution in [0.1, 0.15) is 20.3 Å². The van der Waals surface area contributed by atoms with E-state index in [1.807, 2.05) is 0 Å². The van der Waals surface area contributed by atoms with Gasteiger partial charge in [-0.1, -0.05) is 6.92 Å². The van der Waals surface area contributed by atoms with Crippen LogP contribution in [0.4, 0.5) is 22.0 Å². The van der Waals surface area contributed by atoms with E-state index in [1.54, 1.807) is 0 Å². The normalized spacial score (nSPS) is 20.2. The van der Waals surface area contributed by atoms with Crippen LogP contribution in [0.5, 0.6) is 0 Å². The molecule has 0 saturated heterocycles. The second-order valence-corrected chi connectivity index (χ2v) is 2.62. The third-order valence-electron chi connectivity index (χ3n) is 1.61. The van der Waals surface area contributed by atoms with Crippen molar-refractivity contribution in [3.8, 4) is 0 Å². The average Bonchev–Trinajstić information content (AvgIpc) is 2.01. The number of hydrogen-bond donors (Lipinski definition) is 0. The predicted octanol–water partition coefficient (Wildman–Crippen LogP) is 3.07. The van der Waals surface area contributed by atoms with E-state index in [4.69, 9.17) is 0 Å². The first kappa shape index (κ1) is 11.6.